The van der Waals surface area contributed by atoms with Gasteiger partial charge in [-0.3, -0.25) is 0 Å². The molecule has 1 aliphatic rings. The Kier molecular flexibility index (Phi) is 4.26. The summed E-state index contributed by atoms with van der Waals surface area (Å²) in [6.45, 7) is 4.40. The monoisotopic (exact) mass is 265 g/mol. The van der Waals surface area contributed by atoms with E-state index in [9.17, 15) is 9.50 Å². The Morgan fingerprint density at radius 3 is 2.79 bits per heavy atom. The van der Waals surface area contributed by atoms with Gasteiger partial charge in [0.05, 0.1) is 6.10 Å². The zero-order chi connectivity index (χ0) is 14.0. The lowest BCUT2D eigenvalue weighted by atomic mass is 9.76. The molecule has 2 nitrogen and oxygen atoms in total. The van der Waals surface area contributed by atoms with E-state index in [-0.39, 0.29) is 11.2 Å². The number of rotatable bonds is 4. The van der Waals surface area contributed by atoms with E-state index >= 15 is 0 Å². The maximum absolute atomic E-state index is 13.3. The van der Waals surface area contributed by atoms with Crippen LogP contribution in [0.5, 0.6) is 0 Å². The van der Waals surface area contributed by atoms with E-state index < -0.39 is 6.10 Å². The smallest absolute Gasteiger partial charge is 0.126 e. The van der Waals surface area contributed by atoms with Gasteiger partial charge in [-0.15, -0.1) is 0 Å². The van der Waals surface area contributed by atoms with Crippen molar-refractivity contribution in [1.29, 1.82) is 0 Å². The third kappa shape index (κ3) is 2.67. The molecule has 0 bridgehead atoms. The molecule has 0 aromatic heterocycles. The Hall–Kier alpha value is -0.930. The molecule has 106 valence electrons. The van der Waals surface area contributed by atoms with Gasteiger partial charge in [0.1, 0.15) is 5.82 Å². The van der Waals surface area contributed by atoms with Crippen molar-refractivity contribution in [2.45, 2.75) is 45.6 Å². The van der Waals surface area contributed by atoms with E-state index in [1.165, 1.54) is 6.07 Å². The van der Waals surface area contributed by atoms with Crippen molar-refractivity contribution >= 4 is 0 Å². The van der Waals surface area contributed by atoms with Crippen LogP contribution in [0.25, 0.3) is 0 Å². The van der Waals surface area contributed by atoms with E-state index in [0.717, 1.165) is 31.2 Å². The molecule has 1 aliphatic carbocycles. The molecule has 0 spiro atoms. The number of hydrogen-bond acceptors (Lipinski definition) is 2. The molecule has 3 N–H and O–H groups in total. The lowest BCUT2D eigenvalue weighted by Gasteiger charge is -2.34. The van der Waals surface area contributed by atoms with Crippen molar-refractivity contribution in [3.63, 3.8) is 0 Å². The SMILES string of the molecule is CCC1CCC(CN)(C(O)c2ccc(F)c(C)c2)C1. The minimum atomic E-state index is -0.589. The lowest BCUT2D eigenvalue weighted by molar-refractivity contribution is 0.0300. The van der Waals surface area contributed by atoms with Gasteiger partial charge in [-0.25, -0.2) is 4.39 Å². The van der Waals surface area contributed by atoms with E-state index in [0.29, 0.717) is 18.0 Å². The van der Waals surface area contributed by atoms with Gasteiger partial charge >= 0.3 is 0 Å². The summed E-state index contributed by atoms with van der Waals surface area (Å²) in [4.78, 5) is 0. The molecule has 1 aromatic rings. The molecular weight excluding hydrogens is 241 g/mol. The molecule has 0 radical (unpaired) electrons. The van der Waals surface area contributed by atoms with Crippen molar-refractivity contribution in [2.75, 3.05) is 6.54 Å². The van der Waals surface area contributed by atoms with E-state index in [4.69, 9.17) is 5.73 Å². The van der Waals surface area contributed by atoms with E-state index in [1.54, 1.807) is 19.1 Å². The first-order valence-electron chi connectivity index (χ1n) is 7.16. The molecule has 3 atom stereocenters. The highest BCUT2D eigenvalue weighted by atomic mass is 19.1. The predicted octanol–water partition coefficient (Wildman–Crippen LogP) is 3.32. The van der Waals surface area contributed by atoms with Crippen LogP contribution in [0.2, 0.25) is 0 Å². The molecule has 3 unspecified atom stereocenters. The van der Waals surface area contributed by atoms with Crippen LogP contribution < -0.4 is 5.73 Å². The quantitative estimate of drug-likeness (QED) is 0.877. The summed E-state index contributed by atoms with van der Waals surface area (Å²) in [5.41, 5.74) is 7.10. The Morgan fingerprint density at radius 1 is 1.53 bits per heavy atom. The summed E-state index contributed by atoms with van der Waals surface area (Å²) < 4.78 is 13.3. The molecule has 3 heteroatoms. The van der Waals surface area contributed by atoms with E-state index in [1.807, 2.05) is 0 Å². The molecule has 2 rings (SSSR count). The summed E-state index contributed by atoms with van der Waals surface area (Å²) in [5, 5.41) is 10.7. The maximum Gasteiger partial charge on any atom is 0.126 e. The van der Waals surface area contributed by atoms with Crippen molar-refractivity contribution in [3.05, 3.63) is 35.1 Å². The molecule has 1 aromatic carbocycles. The normalized spacial score (nSPS) is 28.6. The zero-order valence-electron chi connectivity index (χ0n) is 11.8. The fourth-order valence-electron chi connectivity index (χ4n) is 3.36. The van der Waals surface area contributed by atoms with Gasteiger partial charge in [-0.2, -0.15) is 0 Å². The third-order valence-corrected chi connectivity index (χ3v) is 4.81. The molecule has 19 heavy (non-hydrogen) atoms. The Morgan fingerprint density at radius 2 is 2.26 bits per heavy atom. The van der Waals surface area contributed by atoms with Gasteiger partial charge in [0.25, 0.3) is 0 Å². The van der Waals surface area contributed by atoms with Crippen LogP contribution in [0.1, 0.15) is 49.8 Å². The molecular formula is C16H24FNO. The topological polar surface area (TPSA) is 46.2 Å². The fourth-order valence-corrected chi connectivity index (χ4v) is 3.36. The number of halogens is 1. The van der Waals surface area contributed by atoms with Crippen LogP contribution in [-0.4, -0.2) is 11.7 Å². The first-order chi connectivity index (χ1) is 9.02. The molecule has 0 amide bonds. The van der Waals surface area contributed by atoms with Crippen LogP contribution >= 0.6 is 0 Å². The standard InChI is InChI=1S/C16H24FNO/c1-3-12-6-7-16(9-12,10-18)15(19)13-4-5-14(17)11(2)8-13/h4-5,8,12,15,19H,3,6-7,9-10,18H2,1-2H3. The third-order valence-electron chi connectivity index (χ3n) is 4.81. The highest BCUT2D eigenvalue weighted by Crippen LogP contribution is 2.50. The van der Waals surface area contributed by atoms with Crippen LogP contribution in [0.3, 0.4) is 0 Å². The molecule has 0 heterocycles. The van der Waals surface area contributed by atoms with Gasteiger partial charge in [0.15, 0.2) is 0 Å². The predicted molar refractivity (Wildman–Crippen MR) is 75.2 cm³/mol. The van der Waals surface area contributed by atoms with Gasteiger partial charge in [-0.05, 0) is 49.3 Å². The minimum Gasteiger partial charge on any atom is -0.388 e. The average Bonchev–Trinajstić information content (AvgIpc) is 2.86. The van der Waals surface area contributed by atoms with E-state index in [2.05, 4.69) is 6.92 Å². The van der Waals surface area contributed by atoms with Gasteiger partial charge < -0.3 is 10.8 Å². The summed E-state index contributed by atoms with van der Waals surface area (Å²) in [6, 6.07) is 4.87. The number of hydrogen-bond donors (Lipinski definition) is 2. The number of aliphatic hydroxyl groups excluding tert-OH is 1. The van der Waals surface area contributed by atoms with Crippen molar-refractivity contribution in [3.8, 4) is 0 Å². The second kappa shape index (κ2) is 5.59. The minimum absolute atomic E-state index is 0.226. The summed E-state index contributed by atoms with van der Waals surface area (Å²) in [7, 11) is 0. The molecule has 0 aliphatic heterocycles. The highest BCUT2D eigenvalue weighted by Gasteiger charge is 2.43. The van der Waals surface area contributed by atoms with Gasteiger partial charge in [0.2, 0.25) is 0 Å². The first kappa shape index (κ1) is 14.5. The largest absolute Gasteiger partial charge is 0.388 e. The Labute approximate surface area is 114 Å². The summed E-state index contributed by atoms with van der Waals surface area (Å²) >= 11 is 0. The molecule has 0 saturated heterocycles. The van der Waals surface area contributed by atoms with Crippen molar-refractivity contribution in [2.24, 2.45) is 17.1 Å². The second-order valence-electron chi connectivity index (χ2n) is 5.99. The van der Waals surface area contributed by atoms with Crippen LogP contribution in [0.4, 0.5) is 4.39 Å². The fraction of sp³-hybridized carbons (Fsp3) is 0.625. The van der Waals surface area contributed by atoms with Crippen LogP contribution in [0.15, 0.2) is 18.2 Å². The van der Waals surface area contributed by atoms with Gasteiger partial charge in [-0.1, -0.05) is 25.5 Å². The second-order valence-corrected chi connectivity index (χ2v) is 5.99. The van der Waals surface area contributed by atoms with Gasteiger partial charge in [0, 0.05) is 12.0 Å². The van der Waals surface area contributed by atoms with Crippen molar-refractivity contribution in [1.82, 2.24) is 0 Å². The first-order valence-corrected chi connectivity index (χ1v) is 7.16. The van der Waals surface area contributed by atoms with Crippen LogP contribution in [0, 0.1) is 24.1 Å². The zero-order valence-corrected chi connectivity index (χ0v) is 11.8. The number of aliphatic hydroxyl groups is 1. The Balaban J connectivity index is 2.25. The average molecular weight is 265 g/mol. The number of benzene rings is 1. The van der Waals surface area contributed by atoms with Crippen LogP contribution in [-0.2, 0) is 0 Å². The van der Waals surface area contributed by atoms with Crippen molar-refractivity contribution < 1.29 is 9.50 Å². The molecule has 1 saturated carbocycles. The summed E-state index contributed by atoms with van der Waals surface area (Å²) in [5.74, 6) is 0.426. The number of nitrogens with two attached hydrogens (primary N) is 1. The highest BCUT2D eigenvalue weighted by molar-refractivity contribution is 5.27. The summed E-state index contributed by atoms with van der Waals surface area (Å²) in [6.07, 6.45) is 3.60. The molecule has 1 fully saturated rings. The lowest BCUT2D eigenvalue weighted by Crippen LogP contribution is -2.34. The maximum atomic E-state index is 13.3. The Bertz CT molecular complexity index is 448. The number of aryl methyl sites for hydroxylation is 1.